The molecule has 27 heteroatoms. The van der Waals surface area contributed by atoms with Gasteiger partial charge in [-0.1, -0.05) is 65.7 Å². The van der Waals surface area contributed by atoms with Gasteiger partial charge < -0.3 is 110 Å². The first-order valence-corrected chi connectivity index (χ1v) is 35.7. The molecule has 1 amide bonds. The number of fused-ring (bicyclic) bond motifs is 12. The highest BCUT2D eigenvalue weighted by Crippen LogP contribution is 2.89. The zero-order valence-corrected chi connectivity index (χ0v) is 58.5. The summed E-state index contributed by atoms with van der Waals surface area (Å²) in [7, 11) is 0. The number of allylic oxidation sites excluding steroid dienone is 2. The van der Waals surface area contributed by atoms with Gasteiger partial charge in [0.05, 0.1) is 48.5 Å². The van der Waals surface area contributed by atoms with Crippen LogP contribution in [0.3, 0.4) is 0 Å². The first-order chi connectivity index (χ1) is 47.7. The fourth-order valence-corrected chi connectivity index (χ4v) is 20.8. The molecule has 13 unspecified atom stereocenters. The topological polar surface area (TPSA) is 412 Å². The van der Waals surface area contributed by atoms with Crippen LogP contribution < -0.4 is 21.4 Å². The number of hydrogen-bond acceptors (Lipinski definition) is 23. The number of carbonyl (C=O) groups excluding carboxylic acids is 3. The van der Waals surface area contributed by atoms with E-state index in [9.17, 15) is 75.3 Å². The predicted molar refractivity (Wildman–Crippen MR) is 364 cm³/mol. The highest BCUT2D eigenvalue weighted by atomic mass is 32.1. The van der Waals surface area contributed by atoms with Crippen molar-refractivity contribution in [2.75, 3.05) is 25.1 Å². The molecule has 0 aromatic heterocycles. The van der Waals surface area contributed by atoms with Gasteiger partial charge in [-0.2, -0.15) is 0 Å². The van der Waals surface area contributed by atoms with E-state index >= 15 is 4.79 Å². The Morgan fingerprint density at radius 1 is 0.762 bits per heavy atom. The maximum Gasteiger partial charge on any atom is 0.336 e. The van der Waals surface area contributed by atoms with E-state index in [0.717, 1.165) is 18.3 Å². The van der Waals surface area contributed by atoms with Crippen molar-refractivity contribution >= 4 is 58.1 Å². The smallest absolute Gasteiger partial charge is 0.336 e. The third-order valence-electron chi connectivity index (χ3n) is 26.3. The number of anilines is 1. The number of amides is 1. The van der Waals surface area contributed by atoms with Crippen molar-refractivity contribution in [2.24, 2.45) is 55.7 Å². The number of hydrogen-bond donors (Lipinski definition) is 14. The number of esters is 1. The first kappa shape index (κ1) is 73.2. The zero-order chi connectivity index (χ0) is 72.6. The van der Waals surface area contributed by atoms with Crippen LogP contribution in [-0.4, -0.2) is 203 Å². The molecule has 5 saturated carbocycles. The van der Waals surface area contributed by atoms with Crippen LogP contribution in [0.1, 0.15) is 136 Å². The van der Waals surface area contributed by atoms with Gasteiger partial charge in [-0.15, -0.1) is 0 Å². The Balaban J connectivity index is 0.696. The Bertz CT molecular complexity index is 3950. The number of phenolic OH excluding ortho intramolecular Hbond substituents is 1. The minimum Gasteiger partial charge on any atom is -0.508 e. The molecule has 0 spiro atoms. The number of aliphatic hydroxyl groups is 9. The second kappa shape index (κ2) is 26.8. The van der Waals surface area contributed by atoms with Crippen molar-refractivity contribution in [1.82, 2.24) is 10.6 Å². The summed E-state index contributed by atoms with van der Waals surface area (Å²) in [6.07, 6.45) is -15.4. The van der Waals surface area contributed by atoms with Crippen LogP contribution in [-0.2, 0) is 42.8 Å². The Hall–Kier alpha value is -6.12. The molecule has 2 aromatic rings. The molecular formula is C74H95N3O23S. The van der Waals surface area contributed by atoms with Crippen molar-refractivity contribution in [3.05, 3.63) is 82.0 Å². The van der Waals surface area contributed by atoms with Crippen LogP contribution in [0.25, 0.3) is 33.4 Å². The summed E-state index contributed by atoms with van der Waals surface area (Å²) in [6.45, 7) is 13.7. The number of carbonyl (C=O) groups is 4. The Kier molecular flexibility index (Phi) is 19.4. The van der Waals surface area contributed by atoms with Gasteiger partial charge in [0.25, 0.3) is 0 Å². The van der Waals surface area contributed by atoms with Gasteiger partial charge in [0.1, 0.15) is 77.6 Å². The van der Waals surface area contributed by atoms with Crippen LogP contribution in [0.15, 0.2) is 75.5 Å². The summed E-state index contributed by atoms with van der Waals surface area (Å²) in [6, 6.07) is 11.9. The molecule has 14 N–H and O–H groups in total. The number of carboxylic acids is 1. The monoisotopic (exact) mass is 1430 g/mol. The lowest BCUT2D eigenvalue weighted by Gasteiger charge is -2.86. The van der Waals surface area contributed by atoms with Crippen molar-refractivity contribution < 1.29 is 108 Å². The molecule has 0 radical (unpaired) electrons. The summed E-state index contributed by atoms with van der Waals surface area (Å²) < 4.78 is 42.6. The minimum atomic E-state index is -2.00. The van der Waals surface area contributed by atoms with Gasteiger partial charge in [0.2, 0.25) is 12.2 Å². The Morgan fingerprint density at radius 3 is 2.22 bits per heavy atom. The molecule has 3 saturated heterocycles. The van der Waals surface area contributed by atoms with Crippen LogP contribution in [0, 0.1) is 55.7 Å². The van der Waals surface area contributed by atoms with Gasteiger partial charge in [-0.25, -0.2) is 4.79 Å². The summed E-state index contributed by atoms with van der Waals surface area (Å²) in [4.78, 5) is 68.0. The third kappa shape index (κ3) is 11.6. The van der Waals surface area contributed by atoms with E-state index in [1.54, 1.807) is 24.3 Å². The Labute approximate surface area is 589 Å². The molecular weight excluding hydrogens is 1330 g/mol. The molecule has 11 aliphatic rings. The maximum absolute atomic E-state index is 15.9. The van der Waals surface area contributed by atoms with Crippen LogP contribution >= 0.6 is 12.2 Å². The second-order valence-electron chi connectivity index (χ2n) is 31.8. The number of benzene rings is 3. The van der Waals surface area contributed by atoms with Crippen molar-refractivity contribution in [3.8, 4) is 28.2 Å². The molecule has 0 bridgehead atoms. The molecule has 4 heterocycles. The van der Waals surface area contributed by atoms with E-state index < -0.39 is 162 Å². The largest absolute Gasteiger partial charge is 0.508 e. The van der Waals surface area contributed by atoms with Crippen LogP contribution in [0.5, 0.6) is 5.75 Å². The van der Waals surface area contributed by atoms with Gasteiger partial charge in [-0.05, 0) is 170 Å². The highest BCUT2D eigenvalue weighted by Gasteiger charge is 2.88. The number of carboxylic acid groups (broad SMARTS) is 1. The molecule has 7 aliphatic carbocycles. The molecule has 26 nitrogen and oxygen atoms in total. The third-order valence-corrected chi connectivity index (χ3v) is 26.5. The first-order valence-electron chi connectivity index (χ1n) is 35.3. The number of aromatic hydroxyl groups is 1. The van der Waals surface area contributed by atoms with E-state index in [1.165, 1.54) is 37.3 Å². The fraction of sp³-hybridized carbons (Fsp3) is 0.649. The van der Waals surface area contributed by atoms with E-state index in [-0.39, 0.29) is 75.1 Å². The zero-order valence-electron chi connectivity index (χ0n) is 57.7. The molecule has 101 heavy (non-hydrogen) atoms. The van der Waals surface area contributed by atoms with Crippen LogP contribution in [0.4, 0.5) is 5.69 Å². The molecule has 8 fully saturated rings. The van der Waals surface area contributed by atoms with Gasteiger partial charge >= 0.3 is 11.9 Å². The number of phenols is 1. The van der Waals surface area contributed by atoms with Crippen molar-refractivity contribution in [1.29, 1.82) is 0 Å². The average Bonchev–Trinajstić information content (AvgIpc) is 0.619. The molecule has 550 valence electrons. The highest BCUT2D eigenvalue weighted by molar-refractivity contribution is 7.80. The van der Waals surface area contributed by atoms with Gasteiger partial charge in [-0.3, -0.25) is 14.4 Å². The molecule has 25 atom stereocenters. The Morgan fingerprint density at radius 2 is 1.50 bits per heavy atom. The number of aliphatic hydroxyl groups excluding tert-OH is 9. The normalized spacial score (nSPS) is 41.3. The number of unbranched alkanes of at least 4 members (excludes halogenated alkanes) is 2. The minimum absolute atomic E-state index is 0.0155. The van der Waals surface area contributed by atoms with E-state index in [1.807, 2.05) is 0 Å². The van der Waals surface area contributed by atoms with Crippen molar-refractivity contribution in [2.45, 2.75) is 224 Å². The summed E-state index contributed by atoms with van der Waals surface area (Å²) in [5.74, 6) is -3.06. The molecule has 13 rings (SSSR count). The number of aldehydes is 1. The molecule has 2 aromatic carbocycles. The van der Waals surface area contributed by atoms with E-state index in [0.29, 0.717) is 85.7 Å². The summed E-state index contributed by atoms with van der Waals surface area (Å²) >= 11 is 5.58. The lowest BCUT2D eigenvalue weighted by molar-refractivity contribution is -0.397. The lowest BCUT2D eigenvalue weighted by atomic mass is 9.17. The van der Waals surface area contributed by atoms with Gasteiger partial charge in [0, 0.05) is 47.3 Å². The van der Waals surface area contributed by atoms with E-state index in [4.69, 9.17) is 45.1 Å². The summed E-state index contributed by atoms with van der Waals surface area (Å²) in [5, 5.41) is 133. The maximum atomic E-state index is 15.9. The van der Waals surface area contributed by atoms with Gasteiger partial charge in [0.15, 0.2) is 29.2 Å². The van der Waals surface area contributed by atoms with Crippen LogP contribution in [0.2, 0.25) is 0 Å². The number of thiocarbonyl (C=S) groups is 1. The summed E-state index contributed by atoms with van der Waals surface area (Å²) in [5.41, 5.74) is -1.95. The van der Waals surface area contributed by atoms with E-state index in [2.05, 4.69) is 63.6 Å². The SMILES string of the molecule is CC1O[C@@H](OC2C(O)[C@@H](NC(=O)CCCCCNC(=S)Nc3ccc(-c4c5ccc(=O)cc-5oc5cc(O)ccc45)c(C(=O)O)c3)C(CO)O[C@H]2OC(=O)[C@]23CCC(C)(C)CC2C2=CCC4C5(C)[C@@H](CC[C@@]4(C)[C@]2(C)CC3O)[C@@]2(C=O)[C@@H](O)CC52C)C(O)C(O)[C@H]1O[C@@H]1OC[C@@H](O)C(O)C1O. The molecule has 4 aliphatic heterocycles. The number of ether oxygens (including phenoxy) is 6. The number of rotatable bonds is 18. The number of aromatic carboxylic acids is 1. The second-order valence-corrected chi connectivity index (χ2v) is 32.2. The van der Waals surface area contributed by atoms with Crippen molar-refractivity contribution in [3.63, 3.8) is 0 Å². The standard InChI is InChI=1S/C74H95N3O23S/c1-34-60(98-63-58(89)55(86)44(82)32-94-63)57(88)59(90)64(95-34)99-61-56(87)54(77-52(85)11-9-8-10-24-75-67(101)76-35-12-15-38(41(25-35)62(91)92)53-39-16-13-36(80)26-45(39)96-46-27-37(81)14-17-40(46)53)47(31-78)97-65(61)100-66(93)73-23-22-68(2,3)28-43(73)42-18-19-48-69(4,70(42,5)29-50(73)83)21-20-49-72(48,7)71(6)30-51(84)74(49,71)33-79/h12-18,25-27,33-34,43-44,47-51,54-61,63-65,78,80,82-84,86-90H,8-11,19-24,28-32H2,1-7H3,(H,77,85)(H,91,92)(H2,75,76,101)/t34?,43?,44-,47?,48?,49-,50?,51+,54+,55?,56?,57?,58?,59?,60+,61?,63+,64+,65+,69-,70-,71?,72?,73-,74+/m1/s1. The fourth-order valence-electron chi connectivity index (χ4n) is 20.6. The quantitative estimate of drug-likeness (QED) is 0.0163. The predicted octanol–water partition coefficient (Wildman–Crippen LogP) is 4.52. The number of nitrogens with one attached hydrogen (secondary N) is 3. The average molecular weight is 1430 g/mol. The lowest BCUT2D eigenvalue weighted by Crippen LogP contribution is -2.86.